The molecule has 1 fully saturated rings. The lowest BCUT2D eigenvalue weighted by molar-refractivity contribution is -0.119. The first-order valence-corrected chi connectivity index (χ1v) is 11.6. The first kappa shape index (κ1) is 23.5. The van der Waals surface area contributed by atoms with Gasteiger partial charge in [0.15, 0.2) is 6.61 Å². The monoisotopic (exact) mass is 457 g/mol. The van der Waals surface area contributed by atoms with Gasteiger partial charge in [0.2, 0.25) is 0 Å². The van der Waals surface area contributed by atoms with Crippen molar-refractivity contribution in [2.45, 2.75) is 20.4 Å². The molecular weight excluding hydrogens is 426 g/mol. The standard InChI is InChI=1S/C28H31N3O3/c1-21-16-22(2)18-24(17-21)28(33)34-20-27(32)29-25-8-10-26(11-9-25)31-14-12-30(13-15-31)19-23-6-4-3-5-7-23/h3-11,16-18H,12-15,19-20H2,1-2H3,(H,29,32). The number of amides is 1. The summed E-state index contributed by atoms with van der Waals surface area (Å²) in [7, 11) is 0. The Morgan fingerprint density at radius 3 is 2.15 bits per heavy atom. The number of ether oxygens (including phenoxy) is 1. The summed E-state index contributed by atoms with van der Waals surface area (Å²) in [5, 5.41) is 2.79. The number of aryl methyl sites for hydroxylation is 2. The molecule has 0 atom stereocenters. The van der Waals surface area contributed by atoms with Gasteiger partial charge in [0.25, 0.3) is 5.91 Å². The zero-order valence-electron chi connectivity index (χ0n) is 19.8. The summed E-state index contributed by atoms with van der Waals surface area (Å²) in [6.07, 6.45) is 0. The van der Waals surface area contributed by atoms with E-state index in [0.29, 0.717) is 11.3 Å². The number of nitrogens with zero attached hydrogens (tertiary/aromatic N) is 2. The zero-order valence-corrected chi connectivity index (χ0v) is 19.8. The van der Waals surface area contributed by atoms with Crippen LogP contribution < -0.4 is 10.2 Å². The van der Waals surface area contributed by atoms with Crippen LogP contribution in [0.2, 0.25) is 0 Å². The second-order valence-electron chi connectivity index (χ2n) is 8.80. The van der Waals surface area contributed by atoms with E-state index < -0.39 is 5.97 Å². The fourth-order valence-electron chi connectivity index (χ4n) is 4.27. The number of benzene rings is 3. The number of carbonyl (C=O) groups excluding carboxylic acids is 2. The molecule has 3 aromatic carbocycles. The summed E-state index contributed by atoms with van der Waals surface area (Å²) in [6, 6.07) is 23.9. The molecule has 176 valence electrons. The average molecular weight is 458 g/mol. The molecule has 0 saturated carbocycles. The molecule has 34 heavy (non-hydrogen) atoms. The number of rotatable bonds is 7. The molecule has 1 aliphatic heterocycles. The van der Waals surface area contributed by atoms with E-state index in [-0.39, 0.29) is 12.5 Å². The van der Waals surface area contributed by atoms with Crippen LogP contribution in [0.5, 0.6) is 0 Å². The highest BCUT2D eigenvalue weighted by Crippen LogP contribution is 2.20. The van der Waals surface area contributed by atoms with Gasteiger partial charge >= 0.3 is 5.97 Å². The van der Waals surface area contributed by atoms with Gasteiger partial charge in [-0.2, -0.15) is 0 Å². The van der Waals surface area contributed by atoms with Crippen molar-refractivity contribution in [2.24, 2.45) is 0 Å². The van der Waals surface area contributed by atoms with E-state index >= 15 is 0 Å². The second kappa shape index (κ2) is 11.0. The van der Waals surface area contributed by atoms with Crippen LogP contribution in [0, 0.1) is 13.8 Å². The lowest BCUT2D eigenvalue weighted by Crippen LogP contribution is -2.45. The van der Waals surface area contributed by atoms with Crippen LogP contribution in [0.15, 0.2) is 72.8 Å². The second-order valence-corrected chi connectivity index (χ2v) is 8.80. The largest absolute Gasteiger partial charge is 0.452 e. The molecule has 0 aliphatic carbocycles. The third kappa shape index (κ3) is 6.45. The Balaban J connectivity index is 1.23. The summed E-state index contributed by atoms with van der Waals surface area (Å²) in [5.74, 6) is -0.858. The van der Waals surface area contributed by atoms with Crippen molar-refractivity contribution < 1.29 is 14.3 Å². The third-order valence-electron chi connectivity index (χ3n) is 5.93. The molecule has 6 nitrogen and oxygen atoms in total. The number of esters is 1. The highest BCUT2D eigenvalue weighted by atomic mass is 16.5. The minimum absolute atomic E-state index is 0.322. The summed E-state index contributed by atoms with van der Waals surface area (Å²) in [6.45, 7) is 8.46. The third-order valence-corrected chi connectivity index (χ3v) is 5.93. The highest BCUT2D eigenvalue weighted by molar-refractivity contribution is 5.95. The molecule has 0 bridgehead atoms. The quantitative estimate of drug-likeness (QED) is 0.532. The van der Waals surface area contributed by atoms with E-state index in [1.54, 1.807) is 12.1 Å². The molecular formula is C28H31N3O3. The van der Waals surface area contributed by atoms with Gasteiger partial charge in [0, 0.05) is 44.1 Å². The Morgan fingerprint density at radius 1 is 0.853 bits per heavy atom. The van der Waals surface area contributed by atoms with Crippen molar-refractivity contribution in [2.75, 3.05) is 43.0 Å². The first-order chi connectivity index (χ1) is 16.5. The van der Waals surface area contributed by atoms with Crippen LogP contribution in [0.1, 0.15) is 27.0 Å². The number of hydrogen-bond donors (Lipinski definition) is 1. The van der Waals surface area contributed by atoms with Crippen molar-refractivity contribution >= 4 is 23.3 Å². The van der Waals surface area contributed by atoms with Crippen molar-refractivity contribution in [1.82, 2.24) is 4.90 Å². The van der Waals surface area contributed by atoms with E-state index in [2.05, 4.69) is 39.4 Å². The summed E-state index contributed by atoms with van der Waals surface area (Å²) >= 11 is 0. The number of hydrogen-bond acceptors (Lipinski definition) is 5. The maximum Gasteiger partial charge on any atom is 0.338 e. The van der Waals surface area contributed by atoms with Gasteiger partial charge in [-0.3, -0.25) is 9.69 Å². The summed E-state index contributed by atoms with van der Waals surface area (Å²) in [5.41, 5.74) is 5.58. The molecule has 0 radical (unpaired) electrons. The van der Waals surface area contributed by atoms with Gasteiger partial charge < -0.3 is 15.0 Å². The van der Waals surface area contributed by atoms with Crippen LogP contribution in [0.3, 0.4) is 0 Å². The van der Waals surface area contributed by atoms with Gasteiger partial charge in [0.1, 0.15) is 0 Å². The molecule has 1 heterocycles. The Labute approximate surface area is 201 Å². The Morgan fingerprint density at radius 2 is 1.50 bits per heavy atom. The minimum Gasteiger partial charge on any atom is -0.452 e. The molecule has 1 N–H and O–H groups in total. The van der Waals surface area contributed by atoms with E-state index in [0.717, 1.165) is 49.5 Å². The number of piperazine rings is 1. The summed E-state index contributed by atoms with van der Waals surface area (Å²) < 4.78 is 5.18. The molecule has 1 amide bonds. The molecule has 0 aromatic heterocycles. The van der Waals surface area contributed by atoms with Crippen molar-refractivity contribution in [3.63, 3.8) is 0 Å². The van der Waals surface area contributed by atoms with Gasteiger partial charge in [0.05, 0.1) is 5.56 Å². The minimum atomic E-state index is -0.497. The van der Waals surface area contributed by atoms with Gasteiger partial charge in [-0.15, -0.1) is 0 Å². The van der Waals surface area contributed by atoms with Crippen LogP contribution in [-0.4, -0.2) is 49.6 Å². The van der Waals surface area contributed by atoms with E-state index in [9.17, 15) is 9.59 Å². The van der Waals surface area contributed by atoms with Crippen molar-refractivity contribution in [3.8, 4) is 0 Å². The Bertz CT molecular complexity index is 1100. The lowest BCUT2D eigenvalue weighted by Gasteiger charge is -2.36. The van der Waals surface area contributed by atoms with Gasteiger partial charge in [-0.05, 0) is 55.8 Å². The molecule has 4 rings (SSSR count). The van der Waals surface area contributed by atoms with E-state index in [1.807, 2.05) is 50.2 Å². The normalized spacial score (nSPS) is 14.0. The smallest absolute Gasteiger partial charge is 0.338 e. The Kier molecular flexibility index (Phi) is 7.60. The fraction of sp³-hybridized carbons (Fsp3) is 0.286. The van der Waals surface area contributed by atoms with Crippen molar-refractivity contribution in [1.29, 1.82) is 0 Å². The van der Waals surface area contributed by atoms with Crippen molar-refractivity contribution in [3.05, 3.63) is 95.1 Å². The van der Waals surface area contributed by atoms with Crippen LogP contribution >= 0.6 is 0 Å². The fourth-order valence-corrected chi connectivity index (χ4v) is 4.27. The SMILES string of the molecule is Cc1cc(C)cc(C(=O)OCC(=O)Nc2ccc(N3CCN(Cc4ccccc4)CC3)cc2)c1. The highest BCUT2D eigenvalue weighted by Gasteiger charge is 2.17. The molecule has 3 aromatic rings. The van der Waals surface area contributed by atoms with Crippen LogP contribution in [-0.2, 0) is 16.1 Å². The van der Waals surface area contributed by atoms with E-state index in [4.69, 9.17) is 4.74 Å². The zero-order chi connectivity index (χ0) is 23.9. The molecule has 1 aliphatic rings. The molecule has 1 saturated heterocycles. The van der Waals surface area contributed by atoms with Crippen LogP contribution in [0.4, 0.5) is 11.4 Å². The maximum atomic E-state index is 12.3. The number of nitrogens with one attached hydrogen (secondary N) is 1. The molecule has 0 unspecified atom stereocenters. The lowest BCUT2D eigenvalue weighted by atomic mass is 10.1. The predicted octanol–water partition coefficient (Wildman–Crippen LogP) is 4.42. The van der Waals surface area contributed by atoms with E-state index in [1.165, 1.54) is 5.56 Å². The first-order valence-electron chi connectivity index (χ1n) is 11.6. The molecule has 6 heteroatoms. The predicted molar refractivity (Wildman–Crippen MR) is 135 cm³/mol. The summed E-state index contributed by atoms with van der Waals surface area (Å²) in [4.78, 5) is 29.3. The van der Waals surface area contributed by atoms with Gasteiger partial charge in [-0.1, -0.05) is 47.5 Å². The maximum absolute atomic E-state index is 12.3. The topological polar surface area (TPSA) is 61.9 Å². The van der Waals surface area contributed by atoms with Gasteiger partial charge in [-0.25, -0.2) is 4.79 Å². The molecule has 0 spiro atoms. The Hall–Kier alpha value is -3.64. The van der Waals surface area contributed by atoms with Crippen LogP contribution in [0.25, 0.3) is 0 Å². The number of anilines is 2. The number of carbonyl (C=O) groups is 2. The average Bonchev–Trinajstić information content (AvgIpc) is 2.84.